The molecule has 8 atom stereocenters. The quantitative estimate of drug-likeness (QED) is 0.721. The van der Waals surface area contributed by atoms with Crippen molar-refractivity contribution in [3.8, 4) is 0 Å². The Kier molecular flexibility index (Phi) is 5.16. The number of fused-ring (bicyclic) bond motifs is 5. The third-order valence-corrected chi connectivity index (χ3v) is 10.3. The summed E-state index contributed by atoms with van der Waals surface area (Å²) in [5.74, 6) is 1.54. The van der Waals surface area contributed by atoms with Gasteiger partial charge in [0.1, 0.15) is 5.67 Å². The van der Waals surface area contributed by atoms with Gasteiger partial charge in [-0.25, -0.2) is 4.39 Å². The van der Waals surface area contributed by atoms with E-state index in [-0.39, 0.29) is 35.2 Å². The van der Waals surface area contributed by atoms with Crippen LogP contribution in [-0.4, -0.2) is 32.9 Å². The fourth-order valence-corrected chi connectivity index (χ4v) is 8.57. The van der Waals surface area contributed by atoms with Gasteiger partial charge < -0.3 is 5.11 Å². The molecule has 1 aromatic rings. The normalized spacial score (nSPS) is 46.8. The number of aryl methyl sites for hydroxylation is 1. The van der Waals surface area contributed by atoms with Gasteiger partial charge >= 0.3 is 0 Å². The zero-order chi connectivity index (χ0) is 22.0. The highest BCUT2D eigenvalue weighted by atomic mass is 19.1. The second-order valence-electron chi connectivity index (χ2n) is 12.1. The van der Waals surface area contributed by atoms with E-state index in [2.05, 4.69) is 18.9 Å². The monoisotopic (exact) mass is 430 g/mol. The summed E-state index contributed by atoms with van der Waals surface area (Å²) in [6.45, 7) is 7.00. The second kappa shape index (κ2) is 7.40. The summed E-state index contributed by atoms with van der Waals surface area (Å²) in [7, 11) is 0. The van der Waals surface area contributed by atoms with Crippen molar-refractivity contribution in [3.63, 3.8) is 0 Å². The van der Waals surface area contributed by atoms with Crippen molar-refractivity contribution < 1.29 is 14.3 Å². The van der Waals surface area contributed by atoms with Crippen molar-refractivity contribution >= 4 is 5.78 Å². The highest BCUT2D eigenvalue weighted by Crippen LogP contribution is 2.67. The van der Waals surface area contributed by atoms with Gasteiger partial charge in [0.05, 0.1) is 12.7 Å². The lowest BCUT2D eigenvalue weighted by Gasteiger charge is -2.59. The van der Waals surface area contributed by atoms with Gasteiger partial charge in [0.15, 0.2) is 5.78 Å². The molecule has 4 aliphatic rings. The molecule has 5 rings (SSSR count). The minimum Gasteiger partial charge on any atom is -0.396 e. The fraction of sp³-hybridized carbons (Fsp3) is 0.846. The molecule has 0 aliphatic heterocycles. The lowest BCUT2D eigenvalue weighted by Crippen LogP contribution is -2.58. The average molecular weight is 431 g/mol. The molecule has 0 bridgehead atoms. The van der Waals surface area contributed by atoms with E-state index >= 15 is 4.39 Å². The summed E-state index contributed by atoms with van der Waals surface area (Å²) in [6, 6.07) is 0. The van der Waals surface area contributed by atoms with Crippen molar-refractivity contribution in [3.05, 3.63) is 18.0 Å². The van der Waals surface area contributed by atoms with Crippen LogP contribution in [0.15, 0.2) is 12.4 Å². The first-order chi connectivity index (χ1) is 14.7. The molecule has 0 amide bonds. The number of aliphatic hydroxyl groups excluding tert-OH is 1. The number of Topliss-reactive ketones (excluding diaryl/α,β-unsaturated/α-hetero) is 1. The summed E-state index contributed by atoms with van der Waals surface area (Å²) in [5.41, 5.74) is -0.0732. The van der Waals surface area contributed by atoms with Crippen LogP contribution in [-0.2, 0) is 11.3 Å². The maximum atomic E-state index is 16.6. The Hall–Kier alpha value is -1.23. The van der Waals surface area contributed by atoms with Gasteiger partial charge in [-0.15, -0.1) is 0 Å². The van der Waals surface area contributed by atoms with Crippen molar-refractivity contribution in [2.24, 2.45) is 40.4 Å². The molecule has 1 heterocycles. The molecule has 0 spiro atoms. The lowest BCUT2D eigenvalue weighted by atomic mass is 9.47. The number of aliphatic hydroxyl groups is 1. The highest BCUT2D eigenvalue weighted by molar-refractivity contribution is 5.82. The molecule has 0 radical (unpaired) electrons. The van der Waals surface area contributed by atoms with Gasteiger partial charge in [0.2, 0.25) is 0 Å². The fourth-order valence-electron chi connectivity index (χ4n) is 8.57. The van der Waals surface area contributed by atoms with E-state index in [1.165, 1.54) is 0 Å². The van der Waals surface area contributed by atoms with E-state index in [0.29, 0.717) is 30.6 Å². The SMILES string of the molecule is Cc1cnn(CC(=O)[C@H]2CC[C@H]3[C@@H]4CC[C@@H]5C[C@](C)(CO)CC[C@]5(F)[C@H]4CC[C@]23C)c1. The number of alkyl halides is 1. The molecular formula is C26H39FN2O2. The number of halogens is 1. The second-order valence-corrected chi connectivity index (χ2v) is 12.1. The van der Waals surface area contributed by atoms with Crippen LogP contribution in [0.2, 0.25) is 0 Å². The van der Waals surface area contributed by atoms with Crippen LogP contribution in [0.5, 0.6) is 0 Å². The molecule has 31 heavy (non-hydrogen) atoms. The first-order valence-electron chi connectivity index (χ1n) is 12.5. The number of ketones is 1. The first kappa shape index (κ1) is 21.6. The number of nitrogens with zero attached hydrogens (tertiary/aromatic N) is 2. The third-order valence-electron chi connectivity index (χ3n) is 10.3. The molecule has 0 aromatic carbocycles. The topological polar surface area (TPSA) is 55.1 Å². The summed E-state index contributed by atoms with van der Waals surface area (Å²) in [5, 5.41) is 14.2. The predicted molar refractivity (Wildman–Crippen MR) is 118 cm³/mol. The first-order valence-corrected chi connectivity index (χ1v) is 12.5. The molecule has 1 aromatic heterocycles. The number of rotatable bonds is 4. The van der Waals surface area contributed by atoms with Gasteiger partial charge in [0.25, 0.3) is 0 Å². The van der Waals surface area contributed by atoms with Gasteiger partial charge in [-0.3, -0.25) is 9.48 Å². The van der Waals surface area contributed by atoms with Gasteiger partial charge in [0, 0.05) is 18.7 Å². The molecule has 4 nitrogen and oxygen atoms in total. The van der Waals surface area contributed by atoms with E-state index < -0.39 is 5.67 Å². The smallest absolute Gasteiger partial charge is 0.157 e. The number of aromatic nitrogens is 2. The van der Waals surface area contributed by atoms with Crippen molar-refractivity contribution in [1.29, 1.82) is 0 Å². The van der Waals surface area contributed by atoms with E-state index in [9.17, 15) is 9.90 Å². The molecule has 5 heteroatoms. The Morgan fingerprint density at radius 2 is 1.97 bits per heavy atom. The number of hydrogen-bond donors (Lipinski definition) is 1. The Balaban J connectivity index is 1.34. The van der Waals surface area contributed by atoms with Crippen LogP contribution < -0.4 is 0 Å². The molecule has 1 N–H and O–H groups in total. The molecular weight excluding hydrogens is 391 g/mol. The molecule has 4 saturated carbocycles. The molecule has 0 unspecified atom stereocenters. The van der Waals surface area contributed by atoms with Gasteiger partial charge in [-0.1, -0.05) is 13.8 Å². The summed E-state index contributed by atoms with van der Waals surface area (Å²) in [4.78, 5) is 13.3. The Labute approximate surface area is 186 Å². The highest BCUT2D eigenvalue weighted by Gasteiger charge is 2.63. The van der Waals surface area contributed by atoms with E-state index in [0.717, 1.165) is 56.9 Å². The number of carbonyl (C=O) groups excluding carboxylic acids is 1. The van der Waals surface area contributed by atoms with Crippen LogP contribution in [0.3, 0.4) is 0 Å². The molecule has 0 saturated heterocycles. The number of carbonyl (C=O) groups is 1. The summed E-state index contributed by atoms with van der Waals surface area (Å²) >= 11 is 0. The van der Waals surface area contributed by atoms with Crippen molar-refractivity contribution in [2.75, 3.05) is 6.61 Å². The van der Waals surface area contributed by atoms with Crippen LogP contribution in [0.25, 0.3) is 0 Å². The van der Waals surface area contributed by atoms with Crippen LogP contribution in [0.1, 0.15) is 77.2 Å². The zero-order valence-electron chi connectivity index (χ0n) is 19.4. The predicted octanol–water partition coefficient (Wildman–Crippen LogP) is 5.12. The number of hydrogen-bond acceptors (Lipinski definition) is 3. The Morgan fingerprint density at radius 1 is 1.16 bits per heavy atom. The third kappa shape index (κ3) is 3.32. The van der Waals surface area contributed by atoms with Crippen LogP contribution in [0, 0.1) is 47.3 Å². The Morgan fingerprint density at radius 3 is 2.68 bits per heavy atom. The largest absolute Gasteiger partial charge is 0.396 e. The maximum Gasteiger partial charge on any atom is 0.157 e. The average Bonchev–Trinajstić information content (AvgIpc) is 3.31. The maximum absolute atomic E-state index is 16.6. The van der Waals surface area contributed by atoms with Crippen molar-refractivity contribution in [2.45, 2.75) is 90.8 Å². The summed E-state index contributed by atoms with van der Waals surface area (Å²) in [6.07, 6.45) is 12.0. The van der Waals surface area contributed by atoms with Crippen LogP contribution in [0.4, 0.5) is 4.39 Å². The molecule has 4 fully saturated rings. The minimum atomic E-state index is -1.06. The van der Waals surface area contributed by atoms with E-state index in [1.54, 1.807) is 4.68 Å². The zero-order valence-corrected chi connectivity index (χ0v) is 19.4. The van der Waals surface area contributed by atoms with Gasteiger partial charge in [-0.05, 0) is 105 Å². The standard InChI is InChI=1S/C26H39FN2O2/c1-17-13-28-29(14-17)15-23(31)22-7-6-20-19-5-4-18-12-24(2,16-30)10-11-26(18,27)21(19)8-9-25(20,22)3/h13-14,18-22,30H,4-12,15-16H2,1-3H3/t18-,19+,20+,21+,22-,24-,25+,26-/m1/s1. The lowest BCUT2D eigenvalue weighted by molar-refractivity contribution is -0.157. The van der Waals surface area contributed by atoms with Gasteiger partial charge in [-0.2, -0.15) is 5.10 Å². The Bertz CT molecular complexity index is 854. The van der Waals surface area contributed by atoms with Crippen molar-refractivity contribution in [1.82, 2.24) is 9.78 Å². The van der Waals surface area contributed by atoms with E-state index in [1.807, 2.05) is 19.3 Å². The van der Waals surface area contributed by atoms with Crippen LogP contribution >= 0.6 is 0 Å². The minimum absolute atomic E-state index is 0.0118. The molecule has 4 aliphatic carbocycles. The van der Waals surface area contributed by atoms with E-state index in [4.69, 9.17) is 0 Å². The summed E-state index contributed by atoms with van der Waals surface area (Å²) < 4.78 is 18.4. The molecule has 172 valence electrons.